The van der Waals surface area contributed by atoms with Gasteiger partial charge in [0.15, 0.2) is 6.61 Å². The minimum Gasteiger partial charge on any atom is -0.483 e. The largest absolute Gasteiger partial charge is 0.483 e. The molecule has 0 saturated carbocycles. The van der Waals surface area contributed by atoms with E-state index in [1.165, 1.54) is 30.6 Å². The third-order valence-corrected chi connectivity index (χ3v) is 6.18. The highest BCUT2D eigenvalue weighted by molar-refractivity contribution is 7.10. The number of likely N-dealkylation sites (tertiary alicyclic amines) is 1. The van der Waals surface area contributed by atoms with Gasteiger partial charge in [-0.2, -0.15) is 0 Å². The SMILES string of the molecule is Cc1cccc(C)c1OCC(=O)NCC(c1cccs1)N1CCCCCC1.Cl. The average Bonchev–Trinajstić information content (AvgIpc) is 3.04. The molecule has 1 aliphatic rings. The first-order chi connectivity index (χ1) is 13.1. The maximum absolute atomic E-state index is 12.4. The van der Waals surface area contributed by atoms with Gasteiger partial charge >= 0.3 is 0 Å². The topological polar surface area (TPSA) is 41.6 Å². The van der Waals surface area contributed by atoms with E-state index in [-0.39, 0.29) is 31.0 Å². The molecule has 1 N–H and O–H groups in total. The molecule has 154 valence electrons. The molecule has 1 unspecified atom stereocenters. The van der Waals surface area contributed by atoms with E-state index in [2.05, 4.69) is 27.7 Å². The smallest absolute Gasteiger partial charge is 0.258 e. The molecule has 3 rings (SSSR count). The van der Waals surface area contributed by atoms with E-state index in [0.29, 0.717) is 6.54 Å². The van der Waals surface area contributed by atoms with E-state index in [1.807, 2.05) is 32.0 Å². The van der Waals surface area contributed by atoms with Gasteiger partial charge in [-0.1, -0.05) is 37.1 Å². The Bertz CT molecular complexity index is 708. The van der Waals surface area contributed by atoms with E-state index < -0.39 is 0 Å². The quantitative estimate of drug-likeness (QED) is 0.690. The minimum atomic E-state index is -0.0611. The lowest BCUT2D eigenvalue weighted by Gasteiger charge is -2.30. The maximum atomic E-state index is 12.4. The molecular formula is C22H31ClN2O2S. The fourth-order valence-corrected chi connectivity index (χ4v) is 4.58. The zero-order valence-corrected chi connectivity index (χ0v) is 18.4. The monoisotopic (exact) mass is 422 g/mol. The molecule has 2 aromatic rings. The maximum Gasteiger partial charge on any atom is 0.258 e. The highest BCUT2D eigenvalue weighted by atomic mass is 35.5. The molecule has 0 aliphatic carbocycles. The van der Waals surface area contributed by atoms with Crippen molar-refractivity contribution < 1.29 is 9.53 Å². The van der Waals surface area contributed by atoms with Crippen LogP contribution < -0.4 is 10.1 Å². The number of rotatable bonds is 7. The molecule has 0 bridgehead atoms. The Hall–Kier alpha value is -1.56. The fourth-order valence-electron chi connectivity index (χ4n) is 3.72. The number of amides is 1. The van der Waals surface area contributed by atoms with Crippen LogP contribution in [0.25, 0.3) is 0 Å². The third-order valence-electron chi connectivity index (χ3n) is 5.20. The normalized spacial score (nSPS) is 15.9. The predicted molar refractivity (Wildman–Crippen MR) is 119 cm³/mol. The number of aryl methyl sites for hydroxylation is 2. The molecule has 1 atom stereocenters. The molecule has 1 aromatic heterocycles. The van der Waals surface area contributed by atoms with Gasteiger partial charge in [0.25, 0.3) is 5.91 Å². The van der Waals surface area contributed by atoms with Gasteiger partial charge in [0.2, 0.25) is 0 Å². The third kappa shape index (κ3) is 6.23. The van der Waals surface area contributed by atoms with Crippen LogP contribution in [-0.4, -0.2) is 37.0 Å². The summed E-state index contributed by atoms with van der Waals surface area (Å²) in [4.78, 5) is 16.3. The van der Waals surface area contributed by atoms with Crippen LogP contribution in [0.5, 0.6) is 5.75 Å². The van der Waals surface area contributed by atoms with Crippen molar-refractivity contribution in [1.29, 1.82) is 0 Å². The van der Waals surface area contributed by atoms with Crippen LogP contribution in [0.4, 0.5) is 0 Å². The number of para-hydroxylation sites is 1. The Labute approximate surface area is 178 Å². The summed E-state index contributed by atoms with van der Waals surface area (Å²) in [5, 5.41) is 5.22. The van der Waals surface area contributed by atoms with Crippen molar-refractivity contribution in [3.8, 4) is 5.75 Å². The Morgan fingerprint density at radius 1 is 1.11 bits per heavy atom. The van der Waals surface area contributed by atoms with E-state index in [9.17, 15) is 4.79 Å². The Morgan fingerprint density at radius 3 is 2.39 bits per heavy atom. The number of carbonyl (C=O) groups is 1. The second-order valence-electron chi connectivity index (χ2n) is 7.30. The van der Waals surface area contributed by atoms with Crippen molar-refractivity contribution in [2.45, 2.75) is 45.6 Å². The number of benzene rings is 1. The van der Waals surface area contributed by atoms with Crippen LogP contribution in [0, 0.1) is 13.8 Å². The summed E-state index contributed by atoms with van der Waals surface area (Å²) in [6.07, 6.45) is 5.10. The lowest BCUT2D eigenvalue weighted by Crippen LogP contribution is -2.39. The van der Waals surface area contributed by atoms with Crippen molar-refractivity contribution in [2.24, 2.45) is 0 Å². The molecule has 6 heteroatoms. The molecule has 1 saturated heterocycles. The Balaban J connectivity index is 0.00000280. The number of nitrogens with zero attached hydrogens (tertiary/aromatic N) is 1. The van der Waals surface area contributed by atoms with Gasteiger partial charge in [0.1, 0.15) is 5.75 Å². The second-order valence-corrected chi connectivity index (χ2v) is 8.27. The van der Waals surface area contributed by atoms with Crippen molar-refractivity contribution >= 4 is 29.7 Å². The minimum absolute atomic E-state index is 0. The molecular weight excluding hydrogens is 392 g/mol. The molecule has 1 fully saturated rings. The first-order valence-corrected chi connectivity index (χ1v) is 10.8. The van der Waals surface area contributed by atoms with Crippen molar-refractivity contribution in [1.82, 2.24) is 10.2 Å². The predicted octanol–water partition coefficient (Wildman–Crippen LogP) is 4.90. The molecule has 0 radical (unpaired) electrons. The number of nitrogens with one attached hydrogen (secondary N) is 1. The summed E-state index contributed by atoms with van der Waals surface area (Å²) < 4.78 is 5.79. The summed E-state index contributed by atoms with van der Waals surface area (Å²) in [6.45, 7) is 6.92. The number of thiophene rings is 1. The Kier molecular flexibility index (Phi) is 9.29. The number of carbonyl (C=O) groups excluding carboxylic acids is 1. The molecule has 1 aliphatic heterocycles. The van der Waals surface area contributed by atoms with Crippen LogP contribution in [0.3, 0.4) is 0 Å². The van der Waals surface area contributed by atoms with Crippen LogP contribution in [-0.2, 0) is 4.79 Å². The van der Waals surface area contributed by atoms with Crippen LogP contribution in [0.15, 0.2) is 35.7 Å². The molecule has 0 spiro atoms. The molecule has 1 aromatic carbocycles. The summed E-state index contributed by atoms with van der Waals surface area (Å²) in [5.74, 6) is 0.754. The van der Waals surface area contributed by atoms with E-state index in [0.717, 1.165) is 30.0 Å². The van der Waals surface area contributed by atoms with Gasteiger partial charge < -0.3 is 10.1 Å². The van der Waals surface area contributed by atoms with Gasteiger partial charge in [0, 0.05) is 11.4 Å². The Morgan fingerprint density at radius 2 is 1.79 bits per heavy atom. The second kappa shape index (κ2) is 11.4. The van der Waals surface area contributed by atoms with Crippen molar-refractivity contribution in [3.63, 3.8) is 0 Å². The zero-order valence-electron chi connectivity index (χ0n) is 16.8. The summed E-state index contributed by atoms with van der Waals surface area (Å²) in [6, 6.07) is 10.5. The van der Waals surface area contributed by atoms with Crippen molar-refractivity contribution in [2.75, 3.05) is 26.2 Å². The van der Waals surface area contributed by atoms with Gasteiger partial charge in [-0.3, -0.25) is 9.69 Å². The lowest BCUT2D eigenvalue weighted by atomic mass is 10.1. The van der Waals surface area contributed by atoms with Gasteiger partial charge in [-0.15, -0.1) is 23.7 Å². The number of hydrogen-bond acceptors (Lipinski definition) is 4. The highest BCUT2D eigenvalue weighted by Gasteiger charge is 2.23. The van der Waals surface area contributed by atoms with Crippen LogP contribution in [0.1, 0.15) is 47.7 Å². The van der Waals surface area contributed by atoms with Gasteiger partial charge in [-0.25, -0.2) is 0 Å². The summed E-state index contributed by atoms with van der Waals surface area (Å²) in [7, 11) is 0. The first-order valence-electron chi connectivity index (χ1n) is 9.88. The fraction of sp³-hybridized carbons (Fsp3) is 0.500. The van der Waals surface area contributed by atoms with Crippen LogP contribution in [0.2, 0.25) is 0 Å². The number of hydrogen-bond donors (Lipinski definition) is 1. The molecule has 4 nitrogen and oxygen atoms in total. The molecule has 2 heterocycles. The number of halogens is 1. The summed E-state index contributed by atoms with van der Waals surface area (Å²) in [5.41, 5.74) is 2.12. The molecule has 28 heavy (non-hydrogen) atoms. The number of ether oxygens (including phenoxy) is 1. The molecule has 1 amide bonds. The van der Waals surface area contributed by atoms with Crippen molar-refractivity contribution in [3.05, 3.63) is 51.7 Å². The van der Waals surface area contributed by atoms with Gasteiger partial charge in [0.05, 0.1) is 6.04 Å². The van der Waals surface area contributed by atoms with Gasteiger partial charge in [-0.05, 0) is 62.4 Å². The van der Waals surface area contributed by atoms with E-state index >= 15 is 0 Å². The highest BCUT2D eigenvalue weighted by Crippen LogP contribution is 2.27. The zero-order chi connectivity index (χ0) is 19.1. The van der Waals surface area contributed by atoms with Crippen LogP contribution >= 0.6 is 23.7 Å². The standard InChI is InChI=1S/C22H30N2O2S.ClH/c1-17-9-7-10-18(2)22(17)26-16-21(25)23-15-19(20-11-8-14-27-20)24-12-5-3-4-6-13-24;/h7-11,14,19H,3-6,12-13,15-16H2,1-2H3,(H,23,25);1H. The van der Waals surface area contributed by atoms with E-state index in [4.69, 9.17) is 4.74 Å². The summed E-state index contributed by atoms with van der Waals surface area (Å²) >= 11 is 1.77. The average molecular weight is 423 g/mol. The first kappa shape index (κ1) is 22.7. The lowest BCUT2D eigenvalue weighted by molar-refractivity contribution is -0.123. The van der Waals surface area contributed by atoms with E-state index in [1.54, 1.807) is 11.3 Å².